The fraction of sp³-hybridized carbons (Fsp3) is 0.0556. The van der Waals surface area contributed by atoms with E-state index in [1.165, 1.54) is 12.1 Å². The molecule has 0 radical (unpaired) electrons. The van der Waals surface area contributed by atoms with Gasteiger partial charge in [-0.25, -0.2) is 9.18 Å². The van der Waals surface area contributed by atoms with E-state index in [9.17, 15) is 14.3 Å². The highest BCUT2D eigenvalue weighted by Gasteiger charge is 2.15. The van der Waals surface area contributed by atoms with Crippen LogP contribution in [0.3, 0.4) is 0 Å². The lowest BCUT2D eigenvalue weighted by Gasteiger charge is -2.12. The monoisotopic (exact) mass is 295 g/mol. The highest BCUT2D eigenvalue weighted by molar-refractivity contribution is 5.87. The molecular formula is C18H14FNO2. The standard InChI is InChI=1S/C18H14FNO2/c19-15-8-6-13(7-9-15)12-20-16(10-11-17(20)18(21)22)14-4-2-1-3-5-14/h1-11H,12H2,(H,21,22). The van der Waals surface area contributed by atoms with Crippen LogP contribution < -0.4 is 0 Å². The topological polar surface area (TPSA) is 42.2 Å². The smallest absolute Gasteiger partial charge is 0.352 e. The van der Waals surface area contributed by atoms with Crippen LogP contribution in [-0.4, -0.2) is 15.6 Å². The van der Waals surface area contributed by atoms with Crippen LogP contribution in [0.5, 0.6) is 0 Å². The molecule has 0 saturated carbocycles. The normalized spacial score (nSPS) is 10.6. The molecule has 0 saturated heterocycles. The summed E-state index contributed by atoms with van der Waals surface area (Å²) in [5.41, 5.74) is 2.82. The maximum Gasteiger partial charge on any atom is 0.352 e. The Balaban J connectivity index is 2.05. The number of benzene rings is 2. The quantitative estimate of drug-likeness (QED) is 0.789. The summed E-state index contributed by atoms with van der Waals surface area (Å²) in [5, 5.41) is 9.37. The Morgan fingerprint density at radius 1 is 0.955 bits per heavy atom. The number of hydrogen-bond donors (Lipinski definition) is 1. The molecule has 1 heterocycles. The summed E-state index contributed by atoms with van der Waals surface area (Å²) in [4.78, 5) is 11.4. The van der Waals surface area contributed by atoms with Crippen LogP contribution in [-0.2, 0) is 6.54 Å². The molecule has 1 aromatic heterocycles. The summed E-state index contributed by atoms with van der Waals surface area (Å²) >= 11 is 0. The van der Waals surface area contributed by atoms with Crippen LogP contribution in [0, 0.1) is 5.82 Å². The molecule has 3 rings (SSSR count). The van der Waals surface area contributed by atoms with Gasteiger partial charge in [0, 0.05) is 12.2 Å². The highest BCUT2D eigenvalue weighted by Crippen LogP contribution is 2.24. The number of aromatic nitrogens is 1. The van der Waals surface area contributed by atoms with Crippen molar-refractivity contribution in [2.45, 2.75) is 6.54 Å². The van der Waals surface area contributed by atoms with Crippen LogP contribution in [0.2, 0.25) is 0 Å². The second kappa shape index (κ2) is 5.85. The van der Waals surface area contributed by atoms with Crippen LogP contribution in [0.25, 0.3) is 11.3 Å². The molecule has 22 heavy (non-hydrogen) atoms. The van der Waals surface area contributed by atoms with E-state index < -0.39 is 5.97 Å². The SMILES string of the molecule is O=C(O)c1ccc(-c2ccccc2)n1Cc1ccc(F)cc1. The number of nitrogens with zero attached hydrogens (tertiary/aromatic N) is 1. The minimum Gasteiger partial charge on any atom is -0.477 e. The first-order valence-corrected chi connectivity index (χ1v) is 6.88. The number of carboxylic acids is 1. The number of carbonyl (C=O) groups is 1. The van der Waals surface area contributed by atoms with Gasteiger partial charge in [-0.2, -0.15) is 0 Å². The molecule has 0 amide bonds. The maximum absolute atomic E-state index is 13.0. The van der Waals surface area contributed by atoms with Crippen molar-refractivity contribution >= 4 is 5.97 Å². The van der Waals surface area contributed by atoms with E-state index in [0.29, 0.717) is 6.54 Å². The minimum atomic E-state index is -0.982. The Kier molecular flexibility index (Phi) is 3.74. The van der Waals surface area contributed by atoms with Crippen molar-refractivity contribution in [3.05, 3.63) is 83.8 Å². The molecule has 0 unspecified atom stereocenters. The van der Waals surface area contributed by atoms with E-state index in [1.54, 1.807) is 28.8 Å². The fourth-order valence-corrected chi connectivity index (χ4v) is 2.46. The third-order valence-electron chi connectivity index (χ3n) is 3.52. The summed E-state index contributed by atoms with van der Waals surface area (Å²) in [6.45, 7) is 0.374. The number of hydrogen-bond acceptors (Lipinski definition) is 1. The molecule has 0 atom stereocenters. The van der Waals surface area contributed by atoms with Crippen molar-refractivity contribution in [2.75, 3.05) is 0 Å². The summed E-state index contributed by atoms with van der Waals surface area (Å²) < 4.78 is 14.7. The zero-order valence-electron chi connectivity index (χ0n) is 11.7. The van der Waals surface area contributed by atoms with E-state index in [-0.39, 0.29) is 11.5 Å². The lowest BCUT2D eigenvalue weighted by molar-refractivity contribution is 0.0686. The van der Waals surface area contributed by atoms with Crippen molar-refractivity contribution in [1.29, 1.82) is 0 Å². The molecule has 0 aliphatic rings. The van der Waals surface area contributed by atoms with E-state index >= 15 is 0 Å². The van der Waals surface area contributed by atoms with Gasteiger partial charge in [0.15, 0.2) is 0 Å². The van der Waals surface area contributed by atoms with Gasteiger partial charge < -0.3 is 9.67 Å². The third kappa shape index (κ3) is 2.76. The van der Waals surface area contributed by atoms with Crippen molar-refractivity contribution in [1.82, 2.24) is 4.57 Å². The first-order valence-electron chi connectivity index (χ1n) is 6.88. The van der Waals surface area contributed by atoms with Gasteiger partial charge in [0.25, 0.3) is 0 Å². The van der Waals surface area contributed by atoms with Gasteiger partial charge in [-0.15, -0.1) is 0 Å². The Hall–Kier alpha value is -2.88. The number of carboxylic acid groups (broad SMARTS) is 1. The van der Waals surface area contributed by atoms with Gasteiger partial charge in [-0.3, -0.25) is 0 Å². The van der Waals surface area contributed by atoms with Gasteiger partial charge in [0.05, 0.1) is 0 Å². The van der Waals surface area contributed by atoms with E-state index in [0.717, 1.165) is 16.8 Å². The summed E-state index contributed by atoms with van der Waals surface area (Å²) in [6, 6.07) is 19.1. The lowest BCUT2D eigenvalue weighted by atomic mass is 10.1. The molecule has 0 spiro atoms. The van der Waals surface area contributed by atoms with E-state index in [2.05, 4.69) is 0 Å². The van der Waals surface area contributed by atoms with Gasteiger partial charge >= 0.3 is 5.97 Å². The Labute approximate surface area is 127 Å². The molecule has 4 heteroatoms. The molecule has 0 aliphatic heterocycles. The Bertz CT molecular complexity index is 792. The average Bonchev–Trinajstić information content (AvgIpc) is 2.94. The predicted molar refractivity (Wildman–Crippen MR) is 82.3 cm³/mol. The van der Waals surface area contributed by atoms with Gasteiger partial charge in [-0.1, -0.05) is 42.5 Å². The molecule has 0 aliphatic carbocycles. The van der Waals surface area contributed by atoms with Gasteiger partial charge in [-0.05, 0) is 35.4 Å². The van der Waals surface area contributed by atoms with Gasteiger partial charge in [0.1, 0.15) is 11.5 Å². The number of halogens is 1. The maximum atomic E-state index is 13.0. The van der Waals surface area contributed by atoms with Crippen molar-refractivity contribution in [3.8, 4) is 11.3 Å². The summed E-state index contributed by atoms with van der Waals surface area (Å²) in [7, 11) is 0. The van der Waals surface area contributed by atoms with E-state index in [1.807, 2.05) is 30.3 Å². The van der Waals surface area contributed by atoms with Crippen molar-refractivity contribution in [2.24, 2.45) is 0 Å². The zero-order chi connectivity index (χ0) is 15.5. The van der Waals surface area contributed by atoms with Crippen LogP contribution >= 0.6 is 0 Å². The number of aromatic carboxylic acids is 1. The van der Waals surface area contributed by atoms with Gasteiger partial charge in [0.2, 0.25) is 0 Å². The van der Waals surface area contributed by atoms with Crippen molar-refractivity contribution in [3.63, 3.8) is 0 Å². The molecule has 0 bridgehead atoms. The van der Waals surface area contributed by atoms with E-state index in [4.69, 9.17) is 0 Å². The third-order valence-corrected chi connectivity index (χ3v) is 3.52. The van der Waals surface area contributed by atoms with Crippen molar-refractivity contribution < 1.29 is 14.3 Å². The predicted octanol–water partition coefficient (Wildman–Crippen LogP) is 4.04. The second-order valence-corrected chi connectivity index (χ2v) is 4.99. The molecule has 3 nitrogen and oxygen atoms in total. The molecule has 1 N–H and O–H groups in total. The van der Waals surface area contributed by atoms with Crippen LogP contribution in [0.1, 0.15) is 16.1 Å². The first kappa shape index (κ1) is 14.1. The molecule has 110 valence electrons. The Morgan fingerprint density at radius 2 is 1.64 bits per heavy atom. The zero-order valence-corrected chi connectivity index (χ0v) is 11.7. The highest BCUT2D eigenvalue weighted by atomic mass is 19.1. The van der Waals surface area contributed by atoms with Crippen LogP contribution in [0.15, 0.2) is 66.7 Å². The molecular weight excluding hydrogens is 281 g/mol. The largest absolute Gasteiger partial charge is 0.477 e. The second-order valence-electron chi connectivity index (χ2n) is 4.99. The summed E-state index contributed by atoms with van der Waals surface area (Å²) in [5.74, 6) is -1.29. The molecule has 0 fully saturated rings. The molecule has 2 aromatic carbocycles. The van der Waals surface area contributed by atoms with Crippen LogP contribution in [0.4, 0.5) is 4.39 Å². The Morgan fingerprint density at radius 3 is 2.27 bits per heavy atom. The lowest BCUT2D eigenvalue weighted by Crippen LogP contribution is -2.10. The number of rotatable bonds is 4. The fourth-order valence-electron chi connectivity index (χ4n) is 2.46. The molecule has 3 aromatic rings. The first-order chi connectivity index (χ1) is 10.6. The summed E-state index contributed by atoms with van der Waals surface area (Å²) in [6.07, 6.45) is 0. The average molecular weight is 295 g/mol. The minimum absolute atomic E-state index is 0.211.